The molecular formula is C8H11N3O2. The molecule has 0 bridgehead atoms. The molecule has 0 saturated carbocycles. The van der Waals surface area contributed by atoms with Crippen molar-refractivity contribution in [2.24, 2.45) is 0 Å². The minimum Gasteiger partial charge on any atom is -0.373 e. The standard InChI is InChI=1S/C8H11N3O2/c1-4-2-6-5(3-13-4)7(12)11-8(9)10-6/h4H,2-3H2,1H3,(H3,9,10,11,12). The molecule has 1 aromatic rings. The summed E-state index contributed by atoms with van der Waals surface area (Å²) in [6, 6.07) is 0. The zero-order valence-electron chi connectivity index (χ0n) is 7.33. The van der Waals surface area contributed by atoms with Gasteiger partial charge in [0.15, 0.2) is 0 Å². The topological polar surface area (TPSA) is 81.0 Å². The average Bonchev–Trinajstić information content (AvgIpc) is 2.02. The highest BCUT2D eigenvalue weighted by molar-refractivity contribution is 5.26. The summed E-state index contributed by atoms with van der Waals surface area (Å²) >= 11 is 0. The number of nitrogens with one attached hydrogen (secondary N) is 1. The Morgan fingerprint density at radius 1 is 1.69 bits per heavy atom. The predicted octanol–water partition coefficient (Wildman–Crippen LogP) is -0.187. The fraction of sp³-hybridized carbons (Fsp3) is 0.500. The van der Waals surface area contributed by atoms with Gasteiger partial charge in [-0.2, -0.15) is 0 Å². The van der Waals surface area contributed by atoms with Crippen molar-refractivity contribution in [3.63, 3.8) is 0 Å². The molecule has 0 saturated heterocycles. The van der Waals surface area contributed by atoms with Gasteiger partial charge in [-0.05, 0) is 6.92 Å². The number of aromatic amines is 1. The molecule has 70 valence electrons. The Bertz CT molecular complexity index is 385. The lowest BCUT2D eigenvalue weighted by Crippen LogP contribution is -2.28. The second-order valence-corrected chi connectivity index (χ2v) is 3.20. The summed E-state index contributed by atoms with van der Waals surface area (Å²) in [5.74, 6) is 0.179. The van der Waals surface area contributed by atoms with E-state index in [-0.39, 0.29) is 17.6 Å². The molecule has 5 nitrogen and oxygen atoms in total. The smallest absolute Gasteiger partial charge is 0.258 e. The van der Waals surface area contributed by atoms with Crippen LogP contribution in [0.1, 0.15) is 18.2 Å². The molecule has 1 atom stereocenters. The number of nitrogens with zero attached hydrogens (tertiary/aromatic N) is 1. The van der Waals surface area contributed by atoms with E-state index in [9.17, 15) is 4.79 Å². The maximum Gasteiger partial charge on any atom is 0.258 e. The average molecular weight is 181 g/mol. The summed E-state index contributed by atoms with van der Waals surface area (Å²) in [7, 11) is 0. The maximum absolute atomic E-state index is 11.3. The molecule has 1 aliphatic rings. The van der Waals surface area contributed by atoms with Crippen LogP contribution in [0, 0.1) is 0 Å². The van der Waals surface area contributed by atoms with E-state index in [4.69, 9.17) is 10.5 Å². The lowest BCUT2D eigenvalue weighted by Gasteiger charge is -2.20. The highest BCUT2D eigenvalue weighted by Gasteiger charge is 2.19. The van der Waals surface area contributed by atoms with Gasteiger partial charge in [-0.15, -0.1) is 0 Å². The molecule has 2 heterocycles. The van der Waals surface area contributed by atoms with Gasteiger partial charge in [0.25, 0.3) is 5.56 Å². The minimum atomic E-state index is -0.186. The van der Waals surface area contributed by atoms with Gasteiger partial charge in [-0.3, -0.25) is 9.78 Å². The highest BCUT2D eigenvalue weighted by Crippen LogP contribution is 2.15. The van der Waals surface area contributed by atoms with Crippen molar-refractivity contribution >= 4 is 5.95 Å². The van der Waals surface area contributed by atoms with E-state index in [2.05, 4.69) is 9.97 Å². The van der Waals surface area contributed by atoms with Gasteiger partial charge in [0.1, 0.15) is 0 Å². The van der Waals surface area contributed by atoms with Crippen LogP contribution in [0.4, 0.5) is 5.95 Å². The Morgan fingerprint density at radius 3 is 3.23 bits per heavy atom. The first-order valence-electron chi connectivity index (χ1n) is 4.16. The summed E-state index contributed by atoms with van der Waals surface area (Å²) in [6.45, 7) is 2.28. The Balaban J connectivity index is 2.53. The summed E-state index contributed by atoms with van der Waals surface area (Å²) in [5.41, 5.74) is 6.60. The third kappa shape index (κ3) is 1.42. The van der Waals surface area contributed by atoms with E-state index in [1.54, 1.807) is 0 Å². The number of rotatable bonds is 0. The molecule has 1 aliphatic heterocycles. The summed E-state index contributed by atoms with van der Waals surface area (Å²) in [4.78, 5) is 17.8. The van der Waals surface area contributed by atoms with Crippen LogP contribution in [0.2, 0.25) is 0 Å². The van der Waals surface area contributed by atoms with E-state index >= 15 is 0 Å². The lowest BCUT2D eigenvalue weighted by molar-refractivity contribution is 0.0387. The quantitative estimate of drug-likeness (QED) is 0.581. The van der Waals surface area contributed by atoms with E-state index in [0.29, 0.717) is 18.6 Å². The van der Waals surface area contributed by atoms with Crippen LogP contribution in [0.25, 0.3) is 0 Å². The van der Waals surface area contributed by atoms with Crippen LogP contribution in [-0.2, 0) is 17.8 Å². The molecule has 0 amide bonds. The number of ether oxygens (including phenoxy) is 1. The molecule has 13 heavy (non-hydrogen) atoms. The highest BCUT2D eigenvalue weighted by atomic mass is 16.5. The van der Waals surface area contributed by atoms with Crippen molar-refractivity contribution in [3.05, 3.63) is 21.6 Å². The molecule has 0 radical (unpaired) electrons. The molecule has 2 rings (SSSR count). The molecular weight excluding hydrogens is 170 g/mol. The van der Waals surface area contributed by atoms with Crippen LogP contribution in [0.5, 0.6) is 0 Å². The Kier molecular flexibility index (Phi) is 1.81. The first-order valence-corrected chi connectivity index (χ1v) is 4.16. The van der Waals surface area contributed by atoms with Gasteiger partial charge < -0.3 is 10.5 Å². The van der Waals surface area contributed by atoms with Gasteiger partial charge in [-0.1, -0.05) is 0 Å². The Hall–Kier alpha value is -1.36. The Labute approximate surface area is 74.9 Å². The first kappa shape index (κ1) is 8.25. The maximum atomic E-state index is 11.3. The van der Waals surface area contributed by atoms with Crippen molar-refractivity contribution in [1.82, 2.24) is 9.97 Å². The molecule has 0 spiro atoms. The van der Waals surface area contributed by atoms with Gasteiger partial charge in [0, 0.05) is 6.42 Å². The van der Waals surface area contributed by atoms with Crippen LogP contribution in [0.15, 0.2) is 4.79 Å². The third-order valence-electron chi connectivity index (χ3n) is 2.11. The van der Waals surface area contributed by atoms with Crippen LogP contribution in [0.3, 0.4) is 0 Å². The number of nitrogen functional groups attached to an aromatic ring is 1. The monoisotopic (exact) mass is 181 g/mol. The SMILES string of the molecule is CC1Cc2nc(N)[nH]c(=O)c2CO1. The second kappa shape index (κ2) is 2.85. The summed E-state index contributed by atoms with van der Waals surface area (Å²) in [6.07, 6.45) is 0.768. The number of hydrogen-bond donors (Lipinski definition) is 2. The fourth-order valence-electron chi connectivity index (χ4n) is 1.44. The van der Waals surface area contributed by atoms with E-state index < -0.39 is 0 Å². The molecule has 1 unspecified atom stereocenters. The Morgan fingerprint density at radius 2 is 2.46 bits per heavy atom. The van der Waals surface area contributed by atoms with Crippen molar-refractivity contribution in [2.75, 3.05) is 5.73 Å². The third-order valence-corrected chi connectivity index (χ3v) is 2.11. The number of hydrogen-bond acceptors (Lipinski definition) is 4. The van der Waals surface area contributed by atoms with Crippen LogP contribution in [-0.4, -0.2) is 16.1 Å². The van der Waals surface area contributed by atoms with Crippen LogP contribution < -0.4 is 11.3 Å². The number of H-pyrrole nitrogens is 1. The van der Waals surface area contributed by atoms with E-state index in [0.717, 1.165) is 5.69 Å². The largest absolute Gasteiger partial charge is 0.373 e. The number of anilines is 1. The molecule has 0 aliphatic carbocycles. The zero-order valence-corrected chi connectivity index (χ0v) is 7.33. The second-order valence-electron chi connectivity index (χ2n) is 3.20. The summed E-state index contributed by atoms with van der Waals surface area (Å²) in [5, 5.41) is 0. The molecule has 0 fully saturated rings. The molecule has 1 aromatic heterocycles. The van der Waals surface area contributed by atoms with Gasteiger partial charge in [0.05, 0.1) is 24.0 Å². The van der Waals surface area contributed by atoms with Crippen molar-refractivity contribution in [1.29, 1.82) is 0 Å². The van der Waals surface area contributed by atoms with Gasteiger partial charge >= 0.3 is 0 Å². The van der Waals surface area contributed by atoms with Gasteiger partial charge in [-0.25, -0.2) is 4.98 Å². The predicted molar refractivity (Wildman–Crippen MR) is 47.2 cm³/mol. The fourth-order valence-corrected chi connectivity index (χ4v) is 1.44. The van der Waals surface area contributed by atoms with Gasteiger partial charge in [0.2, 0.25) is 5.95 Å². The number of aromatic nitrogens is 2. The van der Waals surface area contributed by atoms with E-state index in [1.807, 2.05) is 6.92 Å². The molecule has 0 aromatic carbocycles. The van der Waals surface area contributed by atoms with E-state index in [1.165, 1.54) is 0 Å². The zero-order chi connectivity index (χ0) is 9.42. The summed E-state index contributed by atoms with van der Waals surface area (Å²) < 4.78 is 5.32. The normalized spacial score (nSPS) is 21.2. The first-order chi connectivity index (χ1) is 6.16. The van der Waals surface area contributed by atoms with Crippen LogP contribution >= 0.6 is 0 Å². The van der Waals surface area contributed by atoms with Crippen molar-refractivity contribution < 1.29 is 4.74 Å². The molecule has 5 heteroatoms. The molecule has 3 N–H and O–H groups in total. The minimum absolute atomic E-state index is 0.112. The van der Waals surface area contributed by atoms with Crippen molar-refractivity contribution in [3.8, 4) is 0 Å². The number of fused-ring (bicyclic) bond motifs is 1. The van der Waals surface area contributed by atoms with Crippen molar-refractivity contribution in [2.45, 2.75) is 26.1 Å². The number of nitrogens with two attached hydrogens (primary N) is 1. The lowest BCUT2D eigenvalue weighted by atomic mass is 10.1.